The quantitative estimate of drug-likeness (QED) is 0.611. The maximum absolute atomic E-state index is 13.1. The molecule has 0 saturated carbocycles. The Bertz CT molecular complexity index is 1280. The highest BCUT2D eigenvalue weighted by molar-refractivity contribution is 7.91. The van der Waals surface area contributed by atoms with Crippen LogP contribution in [0.3, 0.4) is 0 Å². The van der Waals surface area contributed by atoms with E-state index in [1.807, 2.05) is 31.2 Å². The summed E-state index contributed by atoms with van der Waals surface area (Å²) in [5.41, 5.74) is 2.15. The van der Waals surface area contributed by atoms with Gasteiger partial charge in [-0.3, -0.25) is 9.59 Å². The van der Waals surface area contributed by atoms with Crippen LogP contribution in [0.5, 0.6) is 0 Å². The minimum Gasteiger partial charge on any atom is -0.350 e. The number of amides is 1. The summed E-state index contributed by atoms with van der Waals surface area (Å²) in [4.78, 5) is 25.2. The van der Waals surface area contributed by atoms with Gasteiger partial charge in [-0.05, 0) is 62.2 Å². The van der Waals surface area contributed by atoms with Gasteiger partial charge < -0.3 is 9.88 Å². The molecule has 162 valence electrons. The number of nitrogens with zero attached hydrogens (tertiary/aromatic N) is 1. The topological polar surface area (TPSA) is 85.2 Å². The van der Waals surface area contributed by atoms with E-state index in [2.05, 4.69) is 5.32 Å². The van der Waals surface area contributed by atoms with E-state index >= 15 is 0 Å². The molecule has 6 nitrogen and oxygen atoms in total. The fourth-order valence-corrected chi connectivity index (χ4v) is 4.95. The third-order valence-corrected chi connectivity index (χ3v) is 7.13. The molecule has 0 bridgehead atoms. The highest BCUT2D eigenvalue weighted by atomic mass is 35.5. The molecule has 0 spiro atoms. The molecule has 3 aromatic rings. The van der Waals surface area contributed by atoms with E-state index < -0.39 is 15.4 Å². The van der Waals surface area contributed by atoms with Gasteiger partial charge in [0.25, 0.3) is 5.56 Å². The molecule has 0 atom stereocenters. The number of rotatable bonds is 6. The molecular formula is C23H23ClN2O4S. The summed E-state index contributed by atoms with van der Waals surface area (Å²) < 4.78 is 27.4. The molecule has 0 unspecified atom stereocenters. The molecule has 0 aliphatic heterocycles. The van der Waals surface area contributed by atoms with Crippen LogP contribution in [0, 0.1) is 20.8 Å². The highest BCUT2D eigenvalue weighted by Crippen LogP contribution is 2.23. The van der Waals surface area contributed by atoms with E-state index in [1.54, 1.807) is 19.9 Å². The summed E-state index contributed by atoms with van der Waals surface area (Å²) in [6, 6.07) is 14.9. The number of halogens is 1. The second-order valence-electron chi connectivity index (χ2n) is 7.41. The van der Waals surface area contributed by atoms with E-state index in [-0.39, 0.29) is 22.2 Å². The summed E-state index contributed by atoms with van der Waals surface area (Å²) >= 11 is 5.85. The van der Waals surface area contributed by atoms with Crippen molar-refractivity contribution in [3.63, 3.8) is 0 Å². The second-order valence-corrected chi connectivity index (χ2v) is 9.73. The van der Waals surface area contributed by atoms with E-state index in [1.165, 1.54) is 28.8 Å². The van der Waals surface area contributed by atoms with Crippen molar-refractivity contribution in [1.82, 2.24) is 9.88 Å². The number of hydrogen-bond acceptors (Lipinski definition) is 4. The Morgan fingerprint density at radius 3 is 2.23 bits per heavy atom. The Labute approximate surface area is 186 Å². The SMILES string of the molecule is Cc1ccc(CNC(=O)Cn2c(C)cc(C)c(S(=O)(=O)c3ccc(Cl)cc3)c2=O)cc1. The first-order valence-electron chi connectivity index (χ1n) is 9.63. The number of pyridine rings is 1. The predicted molar refractivity (Wildman–Crippen MR) is 120 cm³/mol. The highest BCUT2D eigenvalue weighted by Gasteiger charge is 2.26. The fraction of sp³-hybridized carbons (Fsp3) is 0.217. The number of aromatic nitrogens is 1. The zero-order valence-electron chi connectivity index (χ0n) is 17.5. The van der Waals surface area contributed by atoms with Crippen LogP contribution in [-0.2, 0) is 27.7 Å². The number of sulfone groups is 1. The molecule has 1 aromatic heterocycles. The van der Waals surface area contributed by atoms with Crippen molar-refractivity contribution in [3.05, 3.63) is 92.4 Å². The van der Waals surface area contributed by atoms with Crippen molar-refractivity contribution in [2.75, 3.05) is 0 Å². The van der Waals surface area contributed by atoms with Crippen LogP contribution >= 0.6 is 11.6 Å². The number of carbonyl (C=O) groups excluding carboxylic acids is 1. The van der Waals surface area contributed by atoms with Crippen LogP contribution in [0.1, 0.15) is 22.4 Å². The molecule has 1 N–H and O–H groups in total. The van der Waals surface area contributed by atoms with Crippen molar-refractivity contribution in [1.29, 1.82) is 0 Å². The monoisotopic (exact) mass is 458 g/mol. The Morgan fingerprint density at radius 2 is 1.61 bits per heavy atom. The Hall–Kier alpha value is -2.90. The predicted octanol–water partition coefficient (Wildman–Crippen LogP) is 3.58. The minimum absolute atomic E-state index is 0.0312. The van der Waals surface area contributed by atoms with Crippen LogP contribution in [0.2, 0.25) is 5.02 Å². The first kappa shape index (κ1) is 22.8. The number of carbonyl (C=O) groups is 1. The summed E-state index contributed by atoms with van der Waals surface area (Å²) in [7, 11) is -4.08. The third-order valence-electron chi connectivity index (χ3n) is 4.95. The molecule has 1 heterocycles. The van der Waals surface area contributed by atoms with Crippen LogP contribution < -0.4 is 10.9 Å². The van der Waals surface area contributed by atoms with Crippen molar-refractivity contribution in [2.24, 2.45) is 0 Å². The average molecular weight is 459 g/mol. The van der Waals surface area contributed by atoms with Gasteiger partial charge in [-0.1, -0.05) is 41.4 Å². The smallest absolute Gasteiger partial charge is 0.270 e. The number of aryl methyl sites for hydroxylation is 3. The van der Waals surface area contributed by atoms with Gasteiger partial charge in [-0.15, -0.1) is 0 Å². The number of hydrogen-bond donors (Lipinski definition) is 1. The summed E-state index contributed by atoms with van der Waals surface area (Å²) in [5.74, 6) is -0.385. The van der Waals surface area contributed by atoms with Crippen LogP contribution in [0.25, 0.3) is 0 Å². The summed E-state index contributed by atoms with van der Waals surface area (Å²) in [5, 5.41) is 3.16. The van der Waals surface area contributed by atoms with E-state index in [0.717, 1.165) is 11.1 Å². The molecule has 0 radical (unpaired) electrons. The number of benzene rings is 2. The van der Waals surface area contributed by atoms with Crippen molar-refractivity contribution in [3.8, 4) is 0 Å². The molecule has 2 aromatic carbocycles. The van der Waals surface area contributed by atoms with E-state index in [4.69, 9.17) is 11.6 Å². The standard InChI is InChI=1S/C23H23ClN2O4S/c1-15-4-6-18(7-5-15)13-25-21(27)14-26-17(3)12-16(2)22(23(26)28)31(29,30)20-10-8-19(24)9-11-20/h4-12H,13-14H2,1-3H3,(H,25,27). The van der Waals surface area contributed by atoms with Gasteiger partial charge in [0, 0.05) is 17.3 Å². The lowest BCUT2D eigenvalue weighted by atomic mass is 10.1. The molecule has 0 fully saturated rings. The first-order valence-corrected chi connectivity index (χ1v) is 11.5. The molecule has 0 aliphatic rings. The summed E-state index contributed by atoms with van der Waals surface area (Å²) in [6.45, 7) is 5.25. The lowest BCUT2D eigenvalue weighted by Gasteiger charge is -2.15. The van der Waals surface area contributed by atoms with E-state index in [0.29, 0.717) is 22.8 Å². The Kier molecular flexibility index (Phi) is 6.67. The minimum atomic E-state index is -4.08. The van der Waals surface area contributed by atoms with Gasteiger partial charge in [0.15, 0.2) is 0 Å². The zero-order valence-corrected chi connectivity index (χ0v) is 19.0. The fourth-order valence-electron chi connectivity index (χ4n) is 3.27. The lowest BCUT2D eigenvalue weighted by Crippen LogP contribution is -2.35. The lowest BCUT2D eigenvalue weighted by molar-refractivity contribution is -0.121. The van der Waals surface area contributed by atoms with Crippen molar-refractivity contribution < 1.29 is 13.2 Å². The maximum Gasteiger partial charge on any atom is 0.270 e. The van der Waals surface area contributed by atoms with Gasteiger partial charge >= 0.3 is 0 Å². The Balaban J connectivity index is 1.90. The largest absolute Gasteiger partial charge is 0.350 e. The molecule has 8 heteroatoms. The molecule has 0 saturated heterocycles. The van der Waals surface area contributed by atoms with Crippen LogP contribution in [0.15, 0.2) is 69.2 Å². The molecule has 31 heavy (non-hydrogen) atoms. The molecule has 1 amide bonds. The normalized spacial score (nSPS) is 11.4. The Morgan fingerprint density at radius 1 is 1.00 bits per heavy atom. The van der Waals surface area contributed by atoms with Crippen molar-refractivity contribution >= 4 is 27.3 Å². The third kappa shape index (κ3) is 5.06. The first-order chi connectivity index (χ1) is 14.6. The van der Waals surface area contributed by atoms with Gasteiger partial charge in [-0.2, -0.15) is 0 Å². The van der Waals surface area contributed by atoms with Gasteiger partial charge in [0.1, 0.15) is 11.4 Å². The number of nitrogens with one attached hydrogen (secondary N) is 1. The zero-order chi connectivity index (χ0) is 22.8. The van der Waals surface area contributed by atoms with Crippen LogP contribution in [0.4, 0.5) is 0 Å². The van der Waals surface area contributed by atoms with Gasteiger partial charge in [0.05, 0.1) is 4.90 Å². The molecule has 0 aliphatic carbocycles. The van der Waals surface area contributed by atoms with Crippen LogP contribution in [-0.4, -0.2) is 18.9 Å². The maximum atomic E-state index is 13.1. The van der Waals surface area contributed by atoms with E-state index in [9.17, 15) is 18.0 Å². The summed E-state index contributed by atoms with van der Waals surface area (Å²) in [6.07, 6.45) is 0. The average Bonchev–Trinajstić information content (AvgIpc) is 2.70. The molecular weight excluding hydrogens is 436 g/mol. The van der Waals surface area contributed by atoms with Crippen molar-refractivity contribution in [2.45, 2.75) is 43.7 Å². The van der Waals surface area contributed by atoms with Gasteiger partial charge in [0.2, 0.25) is 15.7 Å². The molecule has 3 rings (SSSR count). The second kappa shape index (κ2) is 9.08. The van der Waals surface area contributed by atoms with Gasteiger partial charge in [-0.25, -0.2) is 8.42 Å².